The van der Waals surface area contributed by atoms with Gasteiger partial charge in [0.25, 0.3) is 5.91 Å². The fourth-order valence-electron chi connectivity index (χ4n) is 1.71. The van der Waals surface area contributed by atoms with Crippen LogP contribution in [0.15, 0.2) is 36.4 Å². The number of amides is 1. The topological polar surface area (TPSA) is 40.5 Å². The predicted octanol–water partition coefficient (Wildman–Crippen LogP) is 1.99. The van der Waals surface area contributed by atoms with Crippen molar-refractivity contribution in [3.63, 3.8) is 0 Å². The molecule has 0 aromatic heterocycles. The van der Waals surface area contributed by atoms with Crippen LogP contribution in [0.5, 0.6) is 0 Å². The summed E-state index contributed by atoms with van der Waals surface area (Å²) in [7, 11) is 0. The summed E-state index contributed by atoms with van der Waals surface area (Å²) in [5, 5.41) is 10.1. The van der Waals surface area contributed by atoms with Gasteiger partial charge in [-0.25, -0.2) is 0 Å². The number of anilines is 1. The summed E-state index contributed by atoms with van der Waals surface area (Å²) in [5.41, 5.74) is 1.03. The molecule has 0 aliphatic carbocycles. The molecule has 0 radical (unpaired) electrons. The first-order valence-electron chi connectivity index (χ1n) is 5.04. The van der Waals surface area contributed by atoms with Crippen molar-refractivity contribution in [2.75, 3.05) is 11.4 Å². The van der Waals surface area contributed by atoms with Crippen molar-refractivity contribution in [3.05, 3.63) is 41.4 Å². The number of hydrogen-bond acceptors (Lipinski definition) is 2. The molecule has 1 aliphatic rings. The predicted molar refractivity (Wildman–Crippen MR) is 63.6 cm³/mol. The van der Waals surface area contributed by atoms with E-state index in [0.717, 1.165) is 5.69 Å². The lowest BCUT2D eigenvalue weighted by atomic mass is 10.0. The number of benzene rings is 1. The maximum absolute atomic E-state index is 11.9. The van der Waals surface area contributed by atoms with Crippen molar-refractivity contribution in [1.82, 2.24) is 0 Å². The molecule has 1 aromatic carbocycles. The summed E-state index contributed by atoms with van der Waals surface area (Å²) in [6.07, 6.45) is -0.191. The molecule has 84 valence electrons. The molecule has 1 saturated heterocycles. The summed E-state index contributed by atoms with van der Waals surface area (Å²) in [5.74, 6) is -0.221. The minimum absolute atomic E-state index is 0.221. The number of halogens is 1. The van der Waals surface area contributed by atoms with Gasteiger partial charge in [0.2, 0.25) is 0 Å². The van der Waals surface area contributed by atoms with Crippen molar-refractivity contribution < 1.29 is 9.90 Å². The minimum Gasteiger partial charge on any atom is -0.388 e. The third-order valence-electron chi connectivity index (χ3n) is 2.69. The largest absolute Gasteiger partial charge is 0.388 e. The van der Waals surface area contributed by atoms with E-state index < -0.39 is 6.10 Å². The van der Waals surface area contributed by atoms with Crippen LogP contribution >= 0.6 is 11.6 Å². The maximum Gasteiger partial charge on any atom is 0.256 e. The van der Waals surface area contributed by atoms with Crippen molar-refractivity contribution in [2.45, 2.75) is 12.5 Å². The first kappa shape index (κ1) is 11.2. The van der Waals surface area contributed by atoms with Gasteiger partial charge in [-0.05, 0) is 30.7 Å². The highest BCUT2D eigenvalue weighted by Gasteiger charge is 2.28. The average Bonchev–Trinajstić information content (AvgIpc) is 2.28. The second kappa shape index (κ2) is 4.28. The molecule has 3 nitrogen and oxygen atoms in total. The van der Waals surface area contributed by atoms with Crippen LogP contribution in [0.4, 0.5) is 5.69 Å². The molecule has 0 spiro atoms. The molecule has 16 heavy (non-hydrogen) atoms. The van der Waals surface area contributed by atoms with Gasteiger partial charge in [-0.3, -0.25) is 4.79 Å². The summed E-state index contributed by atoms with van der Waals surface area (Å²) < 4.78 is 0. The van der Waals surface area contributed by atoms with Gasteiger partial charge < -0.3 is 10.0 Å². The summed E-state index contributed by atoms with van der Waals surface area (Å²) in [6.45, 7) is 4.10. The lowest BCUT2D eigenvalue weighted by Gasteiger charge is -2.30. The Balaban J connectivity index is 2.25. The van der Waals surface area contributed by atoms with E-state index in [4.69, 9.17) is 11.6 Å². The number of carbonyl (C=O) groups excluding carboxylic acids is 1. The third kappa shape index (κ3) is 1.96. The minimum atomic E-state index is -0.712. The van der Waals surface area contributed by atoms with Crippen LogP contribution in [-0.2, 0) is 4.79 Å². The van der Waals surface area contributed by atoms with Crippen LogP contribution in [0.2, 0.25) is 5.02 Å². The molecule has 0 saturated carbocycles. The third-order valence-corrected chi connectivity index (χ3v) is 2.94. The Labute approximate surface area is 98.9 Å². The van der Waals surface area contributed by atoms with Gasteiger partial charge in [-0.15, -0.1) is 0 Å². The average molecular weight is 238 g/mol. The number of nitrogens with zero attached hydrogens (tertiary/aromatic N) is 1. The van der Waals surface area contributed by atoms with Crippen LogP contribution in [0.1, 0.15) is 6.42 Å². The van der Waals surface area contributed by atoms with Crippen LogP contribution in [0.25, 0.3) is 0 Å². The standard InChI is InChI=1S/C12H12ClNO2/c1-8-11(15)6-7-14(12(8)16)10-4-2-9(13)3-5-10/h2-5,11,15H,1,6-7H2/t11-/m1/s1. The summed E-state index contributed by atoms with van der Waals surface area (Å²) >= 11 is 5.78. The van der Waals surface area contributed by atoms with Crippen LogP contribution in [-0.4, -0.2) is 23.7 Å². The van der Waals surface area contributed by atoms with Crippen LogP contribution in [0.3, 0.4) is 0 Å². The lowest BCUT2D eigenvalue weighted by molar-refractivity contribution is -0.117. The van der Waals surface area contributed by atoms with Gasteiger partial charge in [-0.1, -0.05) is 18.2 Å². The van der Waals surface area contributed by atoms with E-state index in [1.807, 2.05) is 0 Å². The van der Waals surface area contributed by atoms with Crippen LogP contribution in [0, 0.1) is 0 Å². The van der Waals surface area contributed by atoms with Gasteiger partial charge in [0.1, 0.15) is 0 Å². The van der Waals surface area contributed by atoms with Gasteiger partial charge in [0, 0.05) is 22.8 Å². The number of aliphatic hydroxyl groups is 1. The molecular formula is C12H12ClNO2. The van der Waals surface area contributed by atoms with Crippen molar-refractivity contribution in [1.29, 1.82) is 0 Å². The Morgan fingerprint density at radius 3 is 2.62 bits per heavy atom. The number of aliphatic hydroxyl groups excluding tert-OH is 1. The zero-order valence-electron chi connectivity index (χ0n) is 8.69. The Kier molecular flexibility index (Phi) is 2.99. The monoisotopic (exact) mass is 237 g/mol. The quantitative estimate of drug-likeness (QED) is 0.759. The number of rotatable bonds is 1. The molecule has 0 bridgehead atoms. The number of carbonyl (C=O) groups is 1. The molecule has 1 heterocycles. The van der Waals surface area contributed by atoms with Crippen molar-refractivity contribution in [3.8, 4) is 0 Å². The number of piperidine rings is 1. The summed E-state index contributed by atoms with van der Waals surface area (Å²) in [4.78, 5) is 13.5. The highest BCUT2D eigenvalue weighted by molar-refractivity contribution is 6.30. The molecule has 1 aromatic rings. The molecule has 1 aliphatic heterocycles. The second-order valence-electron chi connectivity index (χ2n) is 3.76. The normalized spacial score (nSPS) is 21.4. The molecule has 1 N–H and O–H groups in total. The molecular weight excluding hydrogens is 226 g/mol. The van der Waals surface area contributed by atoms with Gasteiger partial charge >= 0.3 is 0 Å². The second-order valence-corrected chi connectivity index (χ2v) is 4.20. The van der Waals surface area contributed by atoms with Gasteiger partial charge in [-0.2, -0.15) is 0 Å². The number of hydrogen-bond donors (Lipinski definition) is 1. The zero-order valence-corrected chi connectivity index (χ0v) is 9.44. The molecule has 1 atom stereocenters. The molecule has 2 rings (SSSR count). The Hall–Kier alpha value is -1.32. The van der Waals surface area contributed by atoms with Gasteiger partial charge in [0.15, 0.2) is 0 Å². The molecule has 0 unspecified atom stereocenters. The highest BCUT2D eigenvalue weighted by Crippen LogP contribution is 2.24. The van der Waals surface area contributed by atoms with E-state index in [0.29, 0.717) is 18.0 Å². The fourth-order valence-corrected chi connectivity index (χ4v) is 1.84. The Morgan fingerprint density at radius 1 is 1.38 bits per heavy atom. The van der Waals surface area contributed by atoms with Crippen molar-refractivity contribution >= 4 is 23.2 Å². The first-order valence-corrected chi connectivity index (χ1v) is 5.41. The van der Waals surface area contributed by atoms with Crippen molar-refractivity contribution in [2.24, 2.45) is 0 Å². The maximum atomic E-state index is 11.9. The molecule has 1 amide bonds. The Morgan fingerprint density at radius 2 is 2.00 bits per heavy atom. The molecule has 4 heteroatoms. The van der Waals surface area contributed by atoms with E-state index in [9.17, 15) is 9.90 Å². The van der Waals surface area contributed by atoms with E-state index in [1.54, 1.807) is 29.2 Å². The lowest BCUT2D eigenvalue weighted by Crippen LogP contribution is -2.42. The van der Waals surface area contributed by atoms with Gasteiger partial charge in [0.05, 0.1) is 6.10 Å². The SMILES string of the molecule is C=C1C(=O)N(c2ccc(Cl)cc2)CC[C@H]1O. The van der Waals surface area contributed by atoms with E-state index >= 15 is 0 Å². The summed E-state index contributed by atoms with van der Waals surface area (Å²) in [6, 6.07) is 7.03. The fraction of sp³-hybridized carbons (Fsp3) is 0.250. The zero-order chi connectivity index (χ0) is 11.7. The van der Waals surface area contributed by atoms with E-state index in [2.05, 4.69) is 6.58 Å². The molecule has 1 fully saturated rings. The highest BCUT2D eigenvalue weighted by atomic mass is 35.5. The Bertz CT molecular complexity index is 427. The van der Waals surface area contributed by atoms with Crippen LogP contribution < -0.4 is 4.90 Å². The van der Waals surface area contributed by atoms with E-state index in [-0.39, 0.29) is 11.5 Å². The van der Waals surface area contributed by atoms with E-state index in [1.165, 1.54) is 0 Å². The smallest absolute Gasteiger partial charge is 0.256 e. The first-order chi connectivity index (χ1) is 7.59.